The number of hydrogen-bond acceptors (Lipinski definition) is 2. The van der Waals surface area contributed by atoms with E-state index in [4.69, 9.17) is 5.73 Å². The van der Waals surface area contributed by atoms with Gasteiger partial charge in [-0.05, 0) is 24.8 Å². The Morgan fingerprint density at radius 1 is 1.12 bits per heavy atom. The Kier molecular flexibility index (Phi) is 5.79. The van der Waals surface area contributed by atoms with Gasteiger partial charge in [-0.2, -0.15) is 0 Å². The molecule has 3 N–H and O–H groups in total. The highest BCUT2D eigenvalue weighted by Crippen LogP contribution is 2.05. The van der Waals surface area contributed by atoms with Crippen molar-refractivity contribution in [3.8, 4) is 0 Å². The second-order valence-corrected chi connectivity index (χ2v) is 3.94. The lowest BCUT2D eigenvalue weighted by atomic mass is 10.1. The number of unbranched alkanes of at least 4 members (excludes halogenated alkanes) is 1. The molecule has 0 radical (unpaired) electrons. The number of primary amides is 1. The molecular formula is C13H18N2O2. The summed E-state index contributed by atoms with van der Waals surface area (Å²) in [5.41, 5.74) is 6.20. The molecule has 0 aliphatic rings. The van der Waals surface area contributed by atoms with Gasteiger partial charge in [-0.15, -0.1) is 0 Å². The van der Waals surface area contributed by atoms with E-state index < -0.39 is 5.91 Å². The molecule has 1 rings (SSSR count). The smallest absolute Gasteiger partial charge is 0.236 e. The monoisotopic (exact) mass is 234 g/mol. The maximum atomic E-state index is 11.2. The molecular weight excluding hydrogens is 216 g/mol. The van der Waals surface area contributed by atoms with E-state index in [9.17, 15) is 9.59 Å². The maximum Gasteiger partial charge on any atom is 0.236 e. The molecule has 2 amide bonds. The predicted octanol–water partition coefficient (Wildman–Crippen LogP) is 1.00. The summed E-state index contributed by atoms with van der Waals surface area (Å²) in [5, 5.41) is 2.47. The molecule has 1 aromatic rings. The Morgan fingerprint density at radius 2 is 1.82 bits per heavy atom. The van der Waals surface area contributed by atoms with Crippen molar-refractivity contribution in [3.05, 3.63) is 35.9 Å². The molecule has 0 bridgehead atoms. The summed E-state index contributed by atoms with van der Waals surface area (Å²) in [7, 11) is 0. The molecule has 0 aliphatic carbocycles. The fourth-order valence-corrected chi connectivity index (χ4v) is 1.53. The molecule has 17 heavy (non-hydrogen) atoms. The lowest BCUT2D eigenvalue weighted by molar-refractivity contribution is -0.124. The summed E-state index contributed by atoms with van der Waals surface area (Å²) in [6.45, 7) is -0.0719. The second kappa shape index (κ2) is 7.44. The van der Waals surface area contributed by atoms with Crippen LogP contribution in [0.3, 0.4) is 0 Å². The SMILES string of the molecule is NC(=O)CNC(=O)CCCCc1ccccc1. The number of aryl methyl sites for hydroxylation is 1. The molecule has 0 atom stereocenters. The van der Waals surface area contributed by atoms with Crippen molar-refractivity contribution in [2.75, 3.05) is 6.54 Å². The minimum atomic E-state index is -0.511. The molecule has 4 heteroatoms. The van der Waals surface area contributed by atoms with Gasteiger partial charge < -0.3 is 11.1 Å². The molecule has 0 saturated carbocycles. The molecule has 0 saturated heterocycles. The zero-order chi connectivity index (χ0) is 12.5. The van der Waals surface area contributed by atoms with Crippen LogP contribution in [0.5, 0.6) is 0 Å². The summed E-state index contributed by atoms with van der Waals surface area (Å²) >= 11 is 0. The summed E-state index contributed by atoms with van der Waals surface area (Å²) < 4.78 is 0. The van der Waals surface area contributed by atoms with Gasteiger partial charge in [0.1, 0.15) is 0 Å². The van der Waals surface area contributed by atoms with E-state index >= 15 is 0 Å². The topological polar surface area (TPSA) is 72.2 Å². The molecule has 0 fully saturated rings. The largest absolute Gasteiger partial charge is 0.368 e. The minimum absolute atomic E-state index is 0.0719. The molecule has 0 aliphatic heterocycles. The number of rotatable bonds is 7. The Labute approximate surface area is 101 Å². The van der Waals surface area contributed by atoms with E-state index in [1.807, 2.05) is 18.2 Å². The van der Waals surface area contributed by atoms with E-state index in [2.05, 4.69) is 17.4 Å². The number of benzene rings is 1. The third-order valence-electron chi connectivity index (χ3n) is 2.42. The fraction of sp³-hybridized carbons (Fsp3) is 0.385. The van der Waals surface area contributed by atoms with Gasteiger partial charge in [-0.3, -0.25) is 9.59 Å². The van der Waals surface area contributed by atoms with Gasteiger partial charge in [0.15, 0.2) is 0 Å². The highest BCUT2D eigenvalue weighted by atomic mass is 16.2. The lowest BCUT2D eigenvalue weighted by Gasteiger charge is -2.03. The number of nitrogens with one attached hydrogen (secondary N) is 1. The van der Waals surface area contributed by atoms with Crippen molar-refractivity contribution in [2.24, 2.45) is 5.73 Å². The van der Waals surface area contributed by atoms with Gasteiger partial charge >= 0.3 is 0 Å². The van der Waals surface area contributed by atoms with Gasteiger partial charge in [-0.25, -0.2) is 0 Å². The Hall–Kier alpha value is -1.84. The van der Waals surface area contributed by atoms with E-state index in [1.165, 1.54) is 5.56 Å². The van der Waals surface area contributed by atoms with Crippen molar-refractivity contribution in [1.29, 1.82) is 0 Å². The minimum Gasteiger partial charge on any atom is -0.368 e. The second-order valence-electron chi connectivity index (χ2n) is 3.94. The highest BCUT2D eigenvalue weighted by molar-refractivity contribution is 5.83. The van der Waals surface area contributed by atoms with E-state index in [-0.39, 0.29) is 12.5 Å². The van der Waals surface area contributed by atoms with Crippen molar-refractivity contribution in [1.82, 2.24) is 5.32 Å². The van der Waals surface area contributed by atoms with Crippen LogP contribution in [0, 0.1) is 0 Å². The van der Waals surface area contributed by atoms with E-state index in [0.717, 1.165) is 19.3 Å². The molecule has 0 spiro atoms. The molecule has 1 aromatic carbocycles. The number of nitrogens with two attached hydrogens (primary N) is 1. The Balaban J connectivity index is 2.08. The number of carbonyl (C=O) groups excluding carboxylic acids is 2. The predicted molar refractivity (Wildman–Crippen MR) is 66.2 cm³/mol. The third kappa shape index (κ3) is 6.35. The third-order valence-corrected chi connectivity index (χ3v) is 2.42. The highest BCUT2D eigenvalue weighted by Gasteiger charge is 2.02. The van der Waals surface area contributed by atoms with Crippen molar-refractivity contribution in [2.45, 2.75) is 25.7 Å². The first-order valence-corrected chi connectivity index (χ1v) is 5.77. The Morgan fingerprint density at radius 3 is 2.47 bits per heavy atom. The zero-order valence-corrected chi connectivity index (χ0v) is 9.82. The van der Waals surface area contributed by atoms with Gasteiger partial charge in [-0.1, -0.05) is 30.3 Å². The quantitative estimate of drug-likeness (QED) is 0.691. The normalized spacial score (nSPS) is 9.88. The lowest BCUT2D eigenvalue weighted by Crippen LogP contribution is -2.33. The number of carbonyl (C=O) groups is 2. The van der Waals surface area contributed by atoms with Crippen LogP contribution in [0.25, 0.3) is 0 Å². The van der Waals surface area contributed by atoms with Gasteiger partial charge in [0, 0.05) is 6.42 Å². The zero-order valence-electron chi connectivity index (χ0n) is 9.82. The fourth-order valence-electron chi connectivity index (χ4n) is 1.53. The van der Waals surface area contributed by atoms with Crippen molar-refractivity contribution >= 4 is 11.8 Å². The van der Waals surface area contributed by atoms with Gasteiger partial charge in [0.2, 0.25) is 11.8 Å². The van der Waals surface area contributed by atoms with Gasteiger partial charge in [0.25, 0.3) is 0 Å². The van der Waals surface area contributed by atoms with Gasteiger partial charge in [0.05, 0.1) is 6.54 Å². The summed E-state index contributed by atoms with van der Waals surface area (Å²) in [6, 6.07) is 10.2. The van der Waals surface area contributed by atoms with Crippen LogP contribution in [0.4, 0.5) is 0 Å². The van der Waals surface area contributed by atoms with Crippen LogP contribution in [0.15, 0.2) is 30.3 Å². The number of hydrogen-bond donors (Lipinski definition) is 2. The first kappa shape index (κ1) is 13.2. The molecule has 0 unspecified atom stereocenters. The van der Waals surface area contributed by atoms with E-state index in [0.29, 0.717) is 6.42 Å². The molecule has 92 valence electrons. The number of amides is 2. The van der Waals surface area contributed by atoms with Crippen molar-refractivity contribution < 1.29 is 9.59 Å². The molecule has 0 heterocycles. The van der Waals surface area contributed by atoms with Crippen LogP contribution >= 0.6 is 0 Å². The molecule has 4 nitrogen and oxygen atoms in total. The van der Waals surface area contributed by atoms with E-state index in [1.54, 1.807) is 0 Å². The summed E-state index contributed by atoms with van der Waals surface area (Å²) in [4.78, 5) is 21.7. The first-order chi connectivity index (χ1) is 8.18. The maximum absolute atomic E-state index is 11.2. The van der Waals surface area contributed by atoms with Crippen LogP contribution < -0.4 is 11.1 Å². The van der Waals surface area contributed by atoms with Crippen LogP contribution in [-0.2, 0) is 16.0 Å². The summed E-state index contributed by atoms with van der Waals surface area (Å²) in [6.07, 6.45) is 3.21. The first-order valence-electron chi connectivity index (χ1n) is 5.77. The van der Waals surface area contributed by atoms with Crippen molar-refractivity contribution in [3.63, 3.8) is 0 Å². The van der Waals surface area contributed by atoms with Crippen LogP contribution in [-0.4, -0.2) is 18.4 Å². The average molecular weight is 234 g/mol. The van der Waals surface area contributed by atoms with Crippen LogP contribution in [0.2, 0.25) is 0 Å². The Bertz CT molecular complexity index is 363. The standard InChI is InChI=1S/C13H18N2O2/c14-12(16)10-15-13(17)9-5-4-8-11-6-2-1-3-7-11/h1-3,6-7H,4-5,8-10H2,(H2,14,16)(H,15,17). The average Bonchev–Trinajstić information content (AvgIpc) is 2.33. The summed E-state index contributed by atoms with van der Waals surface area (Å²) in [5.74, 6) is -0.625. The van der Waals surface area contributed by atoms with Crippen LogP contribution in [0.1, 0.15) is 24.8 Å². The molecule has 0 aromatic heterocycles.